The van der Waals surface area contributed by atoms with Crippen LogP contribution in [0.3, 0.4) is 0 Å². The molecule has 2 N–H and O–H groups in total. The Hall–Kier alpha value is -2.96. The number of anilines is 3. The summed E-state index contributed by atoms with van der Waals surface area (Å²) in [5.74, 6) is 0.576. The van der Waals surface area contributed by atoms with Crippen LogP contribution in [0.4, 0.5) is 17.2 Å². The summed E-state index contributed by atoms with van der Waals surface area (Å²) in [5.41, 5.74) is 8.64. The number of carbonyl (C=O) groups is 2. The van der Waals surface area contributed by atoms with Gasteiger partial charge in [0.2, 0.25) is 11.8 Å². The van der Waals surface area contributed by atoms with Gasteiger partial charge >= 0.3 is 0 Å². The molecule has 2 amide bonds. The van der Waals surface area contributed by atoms with Gasteiger partial charge in [0.1, 0.15) is 5.82 Å². The predicted octanol–water partition coefficient (Wildman–Crippen LogP) is 2.22. The van der Waals surface area contributed by atoms with Gasteiger partial charge in [0, 0.05) is 24.9 Å². The van der Waals surface area contributed by atoms with Crippen molar-refractivity contribution in [3.05, 3.63) is 30.6 Å². The van der Waals surface area contributed by atoms with E-state index in [0.717, 1.165) is 29.8 Å². The molecule has 1 aliphatic carbocycles. The Balaban J connectivity index is 1.81. The van der Waals surface area contributed by atoms with Gasteiger partial charge < -0.3 is 15.5 Å². The molecular formula is C19H21N5O2. The van der Waals surface area contributed by atoms with Crippen LogP contribution in [0.1, 0.15) is 26.7 Å². The molecule has 1 fully saturated rings. The Kier molecular flexibility index (Phi) is 3.86. The second-order valence-electron chi connectivity index (χ2n) is 6.99. The van der Waals surface area contributed by atoms with Gasteiger partial charge in [0.05, 0.1) is 35.5 Å². The van der Waals surface area contributed by atoms with Gasteiger partial charge in [-0.3, -0.25) is 14.6 Å². The zero-order valence-corrected chi connectivity index (χ0v) is 14.8. The van der Waals surface area contributed by atoms with Crippen LogP contribution in [0.15, 0.2) is 30.6 Å². The number of hydrogen-bond acceptors (Lipinski definition) is 5. The van der Waals surface area contributed by atoms with E-state index in [1.807, 2.05) is 30.0 Å². The van der Waals surface area contributed by atoms with Crippen LogP contribution in [-0.4, -0.2) is 34.4 Å². The summed E-state index contributed by atoms with van der Waals surface area (Å²) in [6, 6.07) is 5.63. The van der Waals surface area contributed by atoms with Gasteiger partial charge in [-0.25, -0.2) is 4.98 Å². The number of fused-ring (bicyclic) bond motifs is 1. The first-order chi connectivity index (χ1) is 12.5. The standard InChI is InChI=1S/C19H21N5O2/c1-11-10-23(19(26)13-3-4-13)17-7-14(15-8-22-18(20)9-21-15)5-6-16(17)24(11)12(2)25/h5-9,11,13H,3-4,10H2,1-2H3,(H2,20,22)/t11-/m0/s1. The van der Waals surface area contributed by atoms with Crippen molar-refractivity contribution < 1.29 is 9.59 Å². The molecule has 0 saturated heterocycles. The van der Waals surface area contributed by atoms with Crippen LogP contribution in [0.25, 0.3) is 11.3 Å². The van der Waals surface area contributed by atoms with E-state index >= 15 is 0 Å². The zero-order valence-electron chi connectivity index (χ0n) is 14.8. The van der Waals surface area contributed by atoms with Crippen molar-refractivity contribution in [1.82, 2.24) is 9.97 Å². The summed E-state index contributed by atoms with van der Waals surface area (Å²) < 4.78 is 0. The molecule has 1 aromatic heterocycles. The van der Waals surface area contributed by atoms with Crippen LogP contribution in [-0.2, 0) is 9.59 Å². The predicted molar refractivity (Wildman–Crippen MR) is 99.6 cm³/mol. The van der Waals surface area contributed by atoms with E-state index in [1.54, 1.807) is 18.0 Å². The summed E-state index contributed by atoms with van der Waals surface area (Å²) in [5, 5.41) is 0. The number of carbonyl (C=O) groups excluding carboxylic acids is 2. The average Bonchev–Trinajstić information content (AvgIpc) is 3.45. The number of nitrogens with two attached hydrogens (primary N) is 1. The van der Waals surface area contributed by atoms with Gasteiger partial charge in [-0.05, 0) is 31.9 Å². The van der Waals surface area contributed by atoms with Gasteiger partial charge in [-0.2, -0.15) is 0 Å². The third kappa shape index (κ3) is 2.79. The number of nitrogen functional groups attached to an aromatic ring is 1. The monoisotopic (exact) mass is 351 g/mol. The highest BCUT2D eigenvalue weighted by Crippen LogP contribution is 2.41. The molecule has 0 radical (unpaired) electrons. The van der Waals surface area contributed by atoms with Crippen molar-refractivity contribution >= 4 is 29.0 Å². The molecule has 0 bridgehead atoms. The molecule has 0 unspecified atom stereocenters. The van der Waals surface area contributed by atoms with Gasteiger partial charge in [-0.1, -0.05) is 6.07 Å². The van der Waals surface area contributed by atoms with Crippen LogP contribution in [0, 0.1) is 5.92 Å². The number of amides is 2. The van der Waals surface area contributed by atoms with Crippen molar-refractivity contribution in [3.8, 4) is 11.3 Å². The zero-order chi connectivity index (χ0) is 18.4. The topological polar surface area (TPSA) is 92.4 Å². The molecule has 7 heteroatoms. The lowest BCUT2D eigenvalue weighted by Gasteiger charge is -2.41. The fourth-order valence-corrected chi connectivity index (χ4v) is 3.51. The van der Waals surface area contributed by atoms with Gasteiger partial charge in [0.15, 0.2) is 0 Å². The third-order valence-electron chi connectivity index (χ3n) is 4.91. The largest absolute Gasteiger partial charge is 0.382 e. The van der Waals surface area contributed by atoms with Gasteiger partial charge in [0.25, 0.3) is 0 Å². The summed E-state index contributed by atoms with van der Waals surface area (Å²) in [6.45, 7) is 4.02. The summed E-state index contributed by atoms with van der Waals surface area (Å²) in [4.78, 5) is 37.0. The Labute approximate surface area is 151 Å². The highest BCUT2D eigenvalue weighted by Gasteiger charge is 2.39. The summed E-state index contributed by atoms with van der Waals surface area (Å²) in [6.07, 6.45) is 5.00. The first-order valence-corrected chi connectivity index (χ1v) is 8.79. The molecule has 1 atom stereocenters. The van der Waals surface area contributed by atoms with Crippen molar-refractivity contribution in [2.45, 2.75) is 32.7 Å². The van der Waals surface area contributed by atoms with E-state index in [1.165, 1.54) is 6.20 Å². The fraction of sp³-hybridized carbons (Fsp3) is 0.368. The quantitative estimate of drug-likeness (QED) is 0.895. The summed E-state index contributed by atoms with van der Waals surface area (Å²) in [7, 11) is 0. The lowest BCUT2D eigenvalue weighted by Crippen LogP contribution is -2.51. The molecule has 2 aromatic rings. The van der Waals surface area contributed by atoms with Crippen LogP contribution < -0.4 is 15.5 Å². The van der Waals surface area contributed by atoms with Gasteiger partial charge in [-0.15, -0.1) is 0 Å². The van der Waals surface area contributed by atoms with E-state index in [0.29, 0.717) is 18.1 Å². The van der Waals surface area contributed by atoms with Crippen LogP contribution in [0.5, 0.6) is 0 Å². The molecular weight excluding hydrogens is 330 g/mol. The van der Waals surface area contributed by atoms with E-state index in [9.17, 15) is 9.59 Å². The lowest BCUT2D eigenvalue weighted by molar-refractivity contribution is -0.120. The number of nitrogens with zero attached hydrogens (tertiary/aromatic N) is 4. The minimum absolute atomic E-state index is 0.0303. The molecule has 1 aromatic carbocycles. The molecule has 134 valence electrons. The maximum atomic E-state index is 12.8. The summed E-state index contributed by atoms with van der Waals surface area (Å²) >= 11 is 0. The molecule has 2 heterocycles. The third-order valence-corrected chi connectivity index (χ3v) is 4.91. The Morgan fingerprint density at radius 3 is 2.54 bits per heavy atom. The normalized spacial score (nSPS) is 19.2. The first kappa shape index (κ1) is 16.5. The highest BCUT2D eigenvalue weighted by atomic mass is 16.2. The smallest absolute Gasteiger partial charge is 0.230 e. The van der Waals surface area contributed by atoms with Crippen molar-refractivity contribution in [2.75, 3.05) is 22.1 Å². The van der Waals surface area contributed by atoms with Crippen LogP contribution >= 0.6 is 0 Å². The van der Waals surface area contributed by atoms with E-state index in [-0.39, 0.29) is 23.8 Å². The first-order valence-electron chi connectivity index (χ1n) is 8.79. The minimum Gasteiger partial charge on any atom is -0.382 e. The van der Waals surface area contributed by atoms with Crippen molar-refractivity contribution in [1.29, 1.82) is 0 Å². The number of aromatic nitrogens is 2. The second kappa shape index (κ2) is 6.09. The maximum Gasteiger partial charge on any atom is 0.230 e. The second-order valence-corrected chi connectivity index (χ2v) is 6.99. The molecule has 0 spiro atoms. The van der Waals surface area contributed by atoms with E-state index < -0.39 is 0 Å². The maximum absolute atomic E-state index is 12.8. The van der Waals surface area contributed by atoms with Crippen LogP contribution in [0.2, 0.25) is 0 Å². The fourth-order valence-electron chi connectivity index (χ4n) is 3.51. The molecule has 4 rings (SSSR count). The number of rotatable bonds is 2. The molecule has 26 heavy (non-hydrogen) atoms. The number of hydrogen-bond donors (Lipinski definition) is 1. The molecule has 7 nitrogen and oxygen atoms in total. The Bertz CT molecular complexity index is 876. The molecule has 2 aliphatic rings. The Morgan fingerprint density at radius 2 is 1.92 bits per heavy atom. The van der Waals surface area contributed by atoms with Crippen molar-refractivity contribution in [3.63, 3.8) is 0 Å². The Morgan fingerprint density at radius 1 is 1.15 bits per heavy atom. The van der Waals surface area contributed by atoms with E-state index in [4.69, 9.17) is 5.73 Å². The SMILES string of the molecule is CC(=O)N1c2ccc(-c3cnc(N)cn3)cc2N(C(=O)C2CC2)C[C@@H]1C. The van der Waals surface area contributed by atoms with E-state index in [2.05, 4.69) is 9.97 Å². The molecule has 1 saturated carbocycles. The number of benzene rings is 1. The lowest BCUT2D eigenvalue weighted by atomic mass is 10.0. The molecule has 1 aliphatic heterocycles. The average molecular weight is 351 g/mol. The highest BCUT2D eigenvalue weighted by molar-refractivity contribution is 6.05. The minimum atomic E-state index is -0.0649. The van der Waals surface area contributed by atoms with Crippen molar-refractivity contribution in [2.24, 2.45) is 5.92 Å².